The SMILES string of the molecule is O=C(OCC1CCCCO1)C1COCCN1. The Morgan fingerprint density at radius 1 is 1.38 bits per heavy atom. The van der Waals surface area contributed by atoms with Gasteiger partial charge in [0, 0.05) is 13.2 Å². The van der Waals surface area contributed by atoms with Gasteiger partial charge in [-0.2, -0.15) is 0 Å². The van der Waals surface area contributed by atoms with Crippen LogP contribution in [0.1, 0.15) is 19.3 Å². The van der Waals surface area contributed by atoms with Crippen LogP contribution in [0.4, 0.5) is 0 Å². The number of esters is 1. The molecule has 2 aliphatic rings. The highest BCUT2D eigenvalue weighted by Crippen LogP contribution is 2.13. The number of nitrogens with one attached hydrogen (secondary N) is 1. The molecular formula is C11H19NO4. The Balaban J connectivity index is 1.65. The smallest absolute Gasteiger partial charge is 0.325 e. The Morgan fingerprint density at radius 2 is 2.31 bits per heavy atom. The van der Waals surface area contributed by atoms with Crippen molar-refractivity contribution in [3.05, 3.63) is 0 Å². The molecule has 0 radical (unpaired) electrons. The first-order chi connectivity index (χ1) is 7.86. The van der Waals surface area contributed by atoms with Gasteiger partial charge in [0.25, 0.3) is 0 Å². The maximum Gasteiger partial charge on any atom is 0.325 e. The molecule has 2 atom stereocenters. The molecule has 1 N–H and O–H groups in total. The summed E-state index contributed by atoms with van der Waals surface area (Å²) in [6, 6.07) is -0.308. The molecule has 0 bridgehead atoms. The molecule has 0 aromatic carbocycles. The molecule has 2 rings (SSSR count). The summed E-state index contributed by atoms with van der Waals surface area (Å²) in [5, 5.41) is 3.07. The van der Waals surface area contributed by atoms with E-state index in [0.29, 0.717) is 26.4 Å². The van der Waals surface area contributed by atoms with Gasteiger partial charge in [0.1, 0.15) is 12.6 Å². The third kappa shape index (κ3) is 3.43. The van der Waals surface area contributed by atoms with Crippen LogP contribution in [0.15, 0.2) is 0 Å². The largest absolute Gasteiger partial charge is 0.462 e. The summed E-state index contributed by atoms with van der Waals surface area (Å²) in [7, 11) is 0. The fraction of sp³-hybridized carbons (Fsp3) is 0.909. The highest BCUT2D eigenvalue weighted by molar-refractivity contribution is 5.76. The summed E-state index contributed by atoms with van der Waals surface area (Å²) in [6.07, 6.45) is 3.35. The van der Waals surface area contributed by atoms with Gasteiger partial charge in [-0.3, -0.25) is 4.79 Å². The molecule has 2 unspecified atom stereocenters. The van der Waals surface area contributed by atoms with Gasteiger partial charge in [-0.25, -0.2) is 0 Å². The zero-order valence-corrected chi connectivity index (χ0v) is 9.44. The van der Waals surface area contributed by atoms with E-state index < -0.39 is 0 Å². The second kappa shape index (κ2) is 6.18. The van der Waals surface area contributed by atoms with Gasteiger partial charge in [-0.15, -0.1) is 0 Å². The molecule has 0 amide bonds. The van der Waals surface area contributed by atoms with Crippen molar-refractivity contribution in [1.82, 2.24) is 5.32 Å². The number of hydrogen-bond acceptors (Lipinski definition) is 5. The Labute approximate surface area is 95.4 Å². The minimum atomic E-state index is -0.308. The number of rotatable bonds is 3. The summed E-state index contributed by atoms with van der Waals surface area (Å²) >= 11 is 0. The summed E-state index contributed by atoms with van der Waals surface area (Å²) in [5.41, 5.74) is 0. The lowest BCUT2D eigenvalue weighted by molar-refractivity contribution is -0.154. The van der Waals surface area contributed by atoms with Gasteiger partial charge < -0.3 is 19.5 Å². The van der Waals surface area contributed by atoms with Crippen LogP contribution >= 0.6 is 0 Å². The fourth-order valence-electron chi connectivity index (χ4n) is 1.93. The van der Waals surface area contributed by atoms with E-state index in [1.54, 1.807) is 0 Å². The molecule has 0 aromatic heterocycles. The first kappa shape index (κ1) is 11.8. The van der Waals surface area contributed by atoms with Crippen molar-refractivity contribution in [3.8, 4) is 0 Å². The lowest BCUT2D eigenvalue weighted by Gasteiger charge is -2.25. The zero-order valence-electron chi connectivity index (χ0n) is 9.44. The van der Waals surface area contributed by atoms with E-state index >= 15 is 0 Å². The Bertz CT molecular complexity index is 222. The van der Waals surface area contributed by atoms with Gasteiger partial charge >= 0.3 is 5.97 Å². The molecule has 5 nitrogen and oxygen atoms in total. The Hall–Kier alpha value is -0.650. The van der Waals surface area contributed by atoms with E-state index in [4.69, 9.17) is 14.2 Å². The number of hydrogen-bond donors (Lipinski definition) is 1. The molecular weight excluding hydrogens is 210 g/mol. The molecule has 2 aliphatic heterocycles. The van der Waals surface area contributed by atoms with Crippen LogP contribution in [0.25, 0.3) is 0 Å². The van der Waals surface area contributed by atoms with Crippen LogP contribution in [0, 0.1) is 0 Å². The van der Waals surface area contributed by atoms with Crippen molar-refractivity contribution in [1.29, 1.82) is 0 Å². The molecule has 2 fully saturated rings. The van der Waals surface area contributed by atoms with Crippen LogP contribution in [0.3, 0.4) is 0 Å². The molecule has 92 valence electrons. The predicted molar refractivity (Wildman–Crippen MR) is 57.2 cm³/mol. The number of morpholine rings is 1. The minimum absolute atomic E-state index is 0.0854. The first-order valence-corrected chi connectivity index (χ1v) is 5.95. The van der Waals surface area contributed by atoms with Crippen LogP contribution in [-0.2, 0) is 19.0 Å². The average molecular weight is 229 g/mol. The Kier molecular flexibility index (Phi) is 4.56. The fourth-order valence-corrected chi connectivity index (χ4v) is 1.93. The molecule has 0 aliphatic carbocycles. The monoisotopic (exact) mass is 229 g/mol. The summed E-state index contributed by atoms with van der Waals surface area (Å²) < 4.78 is 15.9. The van der Waals surface area contributed by atoms with Crippen molar-refractivity contribution in [3.63, 3.8) is 0 Å². The molecule has 2 heterocycles. The minimum Gasteiger partial charge on any atom is -0.462 e. The highest BCUT2D eigenvalue weighted by Gasteiger charge is 2.24. The second-order valence-electron chi connectivity index (χ2n) is 4.20. The van der Waals surface area contributed by atoms with E-state index in [1.165, 1.54) is 0 Å². The molecule has 0 saturated carbocycles. The van der Waals surface area contributed by atoms with Crippen LogP contribution < -0.4 is 5.32 Å². The molecule has 5 heteroatoms. The number of ether oxygens (including phenoxy) is 3. The standard InChI is InChI=1S/C11H19NO4/c13-11(10-8-14-6-4-12-10)16-7-9-3-1-2-5-15-9/h9-10,12H,1-8H2. The van der Waals surface area contributed by atoms with Gasteiger partial charge in [-0.1, -0.05) is 0 Å². The molecule has 0 spiro atoms. The maximum atomic E-state index is 11.6. The summed E-state index contributed by atoms with van der Waals surface area (Å²) in [6.45, 7) is 2.93. The topological polar surface area (TPSA) is 56.8 Å². The first-order valence-electron chi connectivity index (χ1n) is 5.95. The lowest BCUT2D eigenvalue weighted by Crippen LogP contribution is -2.47. The van der Waals surface area contributed by atoms with E-state index in [0.717, 1.165) is 25.9 Å². The van der Waals surface area contributed by atoms with Crippen molar-refractivity contribution in [2.24, 2.45) is 0 Å². The van der Waals surface area contributed by atoms with Crippen LogP contribution in [-0.4, -0.2) is 51.1 Å². The van der Waals surface area contributed by atoms with Gasteiger partial charge in [0.15, 0.2) is 0 Å². The van der Waals surface area contributed by atoms with Crippen molar-refractivity contribution >= 4 is 5.97 Å². The van der Waals surface area contributed by atoms with Crippen LogP contribution in [0.5, 0.6) is 0 Å². The second-order valence-corrected chi connectivity index (χ2v) is 4.20. The Morgan fingerprint density at radius 3 is 3.00 bits per heavy atom. The van der Waals surface area contributed by atoms with Gasteiger partial charge in [0.2, 0.25) is 0 Å². The van der Waals surface area contributed by atoms with E-state index in [1.807, 2.05) is 0 Å². The third-order valence-electron chi connectivity index (χ3n) is 2.89. The summed E-state index contributed by atoms with van der Waals surface area (Å²) in [4.78, 5) is 11.6. The molecule has 16 heavy (non-hydrogen) atoms. The van der Waals surface area contributed by atoms with Gasteiger partial charge in [0.05, 0.1) is 19.3 Å². The third-order valence-corrected chi connectivity index (χ3v) is 2.89. The van der Waals surface area contributed by atoms with E-state index in [2.05, 4.69) is 5.32 Å². The van der Waals surface area contributed by atoms with Crippen LogP contribution in [0.2, 0.25) is 0 Å². The van der Waals surface area contributed by atoms with Crippen molar-refractivity contribution in [2.45, 2.75) is 31.4 Å². The van der Waals surface area contributed by atoms with Crippen molar-refractivity contribution in [2.75, 3.05) is 33.0 Å². The maximum absolute atomic E-state index is 11.6. The normalized spacial score (nSPS) is 31.0. The molecule has 0 aromatic rings. The number of carbonyl (C=O) groups is 1. The van der Waals surface area contributed by atoms with E-state index in [9.17, 15) is 4.79 Å². The summed E-state index contributed by atoms with van der Waals surface area (Å²) in [5.74, 6) is -0.228. The molecule has 2 saturated heterocycles. The van der Waals surface area contributed by atoms with E-state index in [-0.39, 0.29) is 18.1 Å². The van der Waals surface area contributed by atoms with Crippen molar-refractivity contribution < 1.29 is 19.0 Å². The quantitative estimate of drug-likeness (QED) is 0.695. The lowest BCUT2D eigenvalue weighted by atomic mass is 10.1. The highest BCUT2D eigenvalue weighted by atomic mass is 16.6. The predicted octanol–water partition coefficient (Wildman–Crippen LogP) is 0.0871. The van der Waals surface area contributed by atoms with Gasteiger partial charge in [-0.05, 0) is 19.3 Å². The average Bonchev–Trinajstić information content (AvgIpc) is 2.38. The number of carbonyl (C=O) groups excluding carboxylic acids is 1. The zero-order chi connectivity index (χ0) is 11.2.